The van der Waals surface area contributed by atoms with Gasteiger partial charge in [0.1, 0.15) is 22.2 Å². The number of anilines is 2. The highest BCUT2D eigenvalue weighted by atomic mass is 32.1. The molecule has 4 rings (SSSR count). The summed E-state index contributed by atoms with van der Waals surface area (Å²) in [6.45, 7) is 0. The quantitative estimate of drug-likeness (QED) is 0.418. The van der Waals surface area contributed by atoms with Crippen LogP contribution in [0.2, 0.25) is 0 Å². The molecule has 0 spiro atoms. The van der Waals surface area contributed by atoms with Crippen molar-refractivity contribution in [3.8, 4) is 0 Å². The molecule has 0 saturated heterocycles. The minimum Gasteiger partial charge on any atom is -0.399 e. The van der Waals surface area contributed by atoms with Crippen molar-refractivity contribution in [2.24, 2.45) is 0 Å². The normalized spacial score (nSPS) is 14.2. The van der Waals surface area contributed by atoms with Gasteiger partial charge in [0.05, 0.1) is 20.4 Å². The summed E-state index contributed by atoms with van der Waals surface area (Å²) in [4.78, 5) is 8.76. The molecular weight excluding hydrogens is 344 g/mol. The van der Waals surface area contributed by atoms with Gasteiger partial charge in [-0.15, -0.1) is 22.7 Å². The van der Waals surface area contributed by atoms with Gasteiger partial charge in [-0.05, 0) is 36.4 Å². The predicted octanol–water partition coefficient (Wildman–Crippen LogP) is 2.84. The Balaban J connectivity index is 1.69. The second-order valence-electron chi connectivity index (χ2n) is 5.45. The molecule has 122 valence electrons. The third-order valence-corrected chi connectivity index (χ3v) is 5.84. The van der Waals surface area contributed by atoms with E-state index >= 15 is 0 Å². The lowest BCUT2D eigenvalue weighted by atomic mass is 10.2. The van der Waals surface area contributed by atoms with Crippen LogP contribution in [0.3, 0.4) is 0 Å². The minimum absolute atomic E-state index is 0.432. The molecular formula is C16H14N4O2S2. The molecule has 8 heteroatoms. The fourth-order valence-electron chi connectivity index (χ4n) is 2.44. The molecule has 0 saturated carbocycles. The van der Waals surface area contributed by atoms with Crippen molar-refractivity contribution in [2.75, 3.05) is 11.5 Å². The highest BCUT2D eigenvalue weighted by molar-refractivity contribution is 7.19. The summed E-state index contributed by atoms with van der Waals surface area (Å²) in [7, 11) is 0. The second-order valence-corrected chi connectivity index (χ2v) is 7.57. The topological polar surface area (TPSA) is 118 Å². The van der Waals surface area contributed by atoms with Gasteiger partial charge in [-0.1, -0.05) is 0 Å². The number of hydrogen-bond donors (Lipinski definition) is 4. The van der Waals surface area contributed by atoms with Crippen LogP contribution in [-0.2, 0) is 0 Å². The molecule has 0 bridgehead atoms. The van der Waals surface area contributed by atoms with Crippen molar-refractivity contribution in [3.63, 3.8) is 0 Å². The molecule has 0 unspecified atom stereocenters. The molecule has 0 aliphatic rings. The molecule has 0 aliphatic heterocycles. The predicted molar refractivity (Wildman–Crippen MR) is 98.0 cm³/mol. The van der Waals surface area contributed by atoms with Crippen LogP contribution in [0.15, 0.2) is 36.4 Å². The number of aliphatic hydroxyl groups excluding tert-OH is 2. The summed E-state index contributed by atoms with van der Waals surface area (Å²) in [5.41, 5.74) is 14.3. The van der Waals surface area contributed by atoms with Gasteiger partial charge in [-0.25, -0.2) is 9.97 Å². The minimum atomic E-state index is -1.15. The number of nitrogens with zero attached hydrogens (tertiary/aromatic N) is 2. The number of aliphatic hydroxyl groups is 2. The number of rotatable bonds is 3. The zero-order valence-corrected chi connectivity index (χ0v) is 14.0. The monoisotopic (exact) mass is 358 g/mol. The summed E-state index contributed by atoms with van der Waals surface area (Å²) in [6, 6.07) is 10.7. The summed E-state index contributed by atoms with van der Waals surface area (Å²) in [5.74, 6) is 0. The van der Waals surface area contributed by atoms with Crippen LogP contribution >= 0.6 is 22.7 Å². The second kappa shape index (κ2) is 5.67. The first-order valence-corrected chi connectivity index (χ1v) is 8.82. The van der Waals surface area contributed by atoms with E-state index in [0.29, 0.717) is 21.4 Å². The first-order chi connectivity index (χ1) is 11.5. The lowest BCUT2D eigenvalue weighted by Crippen LogP contribution is -2.09. The average molecular weight is 358 g/mol. The Morgan fingerprint density at radius 2 is 1.17 bits per heavy atom. The Bertz CT molecular complexity index is 959. The molecule has 0 radical (unpaired) electrons. The van der Waals surface area contributed by atoms with E-state index in [9.17, 15) is 10.2 Å². The maximum Gasteiger partial charge on any atom is 0.138 e. The third-order valence-electron chi connectivity index (χ3n) is 3.66. The number of nitrogens with two attached hydrogens (primary N) is 2. The molecule has 24 heavy (non-hydrogen) atoms. The van der Waals surface area contributed by atoms with Crippen LogP contribution in [0.1, 0.15) is 22.2 Å². The van der Waals surface area contributed by atoms with Crippen molar-refractivity contribution in [1.29, 1.82) is 0 Å². The van der Waals surface area contributed by atoms with Gasteiger partial charge >= 0.3 is 0 Å². The Labute approximate surface area is 145 Å². The molecule has 0 fully saturated rings. The third kappa shape index (κ3) is 2.59. The summed E-state index contributed by atoms with van der Waals surface area (Å²) >= 11 is 2.62. The van der Waals surface area contributed by atoms with Crippen LogP contribution in [0.25, 0.3) is 20.4 Å². The Kier molecular flexibility index (Phi) is 3.61. The van der Waals surface area contributed by atoms with Crippen LogP contribution in [0.5, 0.6) is 0 Å². The standard InChI is InChI=1S/C16H14N4O2S2/c17-7-1-3-9-11(5-7)23-15(19-9)13(21)14(22)16-20-10-4-2-8(18)6-12(10)24-16/h1-6,13-14,21-22H,17-18H2/t13-,14-/m1/s1. The maximum absolute atomic E-state index is 10.5. The Morgan fingerprint density at radius 1 is 0.750 bits per heavy atom. The number of nitrogen functional groups attached to an aromatic ring is 2. The molecule has 0 amide bonds. The molecule has 2 aromatic heterocycles. The molecule has 6 nitrogen and oxygen atoms in total. The van der Waals surface area contributed by atoms with Crippen LogP contribution < -0.4 is 11.5 Å². The van der Waals surface area contributed by atoms with Crippen molar-refractivity contribution in [2.45, 2.75) is 12.2 Å². The van der Waals surface area contributed by atoms with E-state index in [0.717, 1.165) is 20.4 Å². The molecule has 0 aliphatic carbocycles. The van der Waals surface area contributed by atoms with Gasteiger partial charge in [-0.3, -0.25) is 0 Å². The number of benzene rings is 2. The van der Waals surface area contributed by atoms with Crippen molar-refractivity contribution < 1.29 is 10.2 Å². The van der Waals surface area contributed by atoms with Crippen LogP contribution in [-0.4, -0.2) is 20.2 Å². The lowest BCUT2D eigenvalue weighted by molar-refractivity contribution is 0.0172. The lowest BCUT2D eigenvalue weighted by Gasteiger charge is -2.12. The van der Waals surface area contributed by atoms with Gasteiger partial charge in [0.2, 0.25) is 0 Å². The average Bonchev–Trinajstić information content (AvgIpc) is 3.16. The first kappa shape index (κ1) is 15.3. The van der Waals surface area contributed by atoms with Crippen molar-refractivity contribution in [3.05, 3.63) is 46.4 Å². The van der Waals surface area contributed by atoms with Gasteiger partial charge in [-0.2, -0.15) is 0 Å². The number of fused-ring (bicyclic) bond motifs is 2. The maximum atomic E-state index is 10.5. The largest absolute Gasteiger partial charge is 0.399 e. The van der Waals surface area contributed by atoms with E-state index in [2.05, 4.69) is 9.97 Å². The molecule has 2 aromatic carbocycles. The number of thiazole rings is 2. The molecule has 6 N–H and O–H groups in total. The highest BCUT2D eigenvalue weighted by Gasteiger charge is 2.26. The smallest absolute Gasteiger partial charge is 0.138 e. The van der Waals surface area contributed by atoms with Gasteiger partial charge < -0.3 is 21.7 Å². The zero-order valence-electron chi connectivity index (χ0n) is 12.4. The summed E-state index contributed by atoms with van der Waals surface area (Å²) in [5, 5.41) is 21.9. The van der Waals surface area contributed by atoms with Crippen molar-refractivity contribution in [1.82, 2.24) is 9.97 Å². The summed E-state index contributed by atoms with van der Waals surface area (Å²) in [6.07, 6.45) is -2.30. The highest BCUT2D eigenvalue weighted by Crippen LogP contribution is 2.37. The fraction of sp³-hybridized carbons (Fsp3) is 0.125. The molecule has 2 heterocycles. The van der Waals surface area contributed by atoms with E-state index in [1.165, 1.54) is 22.7 Å². The SMILES string of the molecule is Nc1ccc2nc([C@H](O)[C@@H](O)c3nc4ccc(N)cc4s3)sc2c1. The number of hydrogen-bond acceptors (Lipinski definition) is 8. The molecule has 4 aromatic rings. The van der Waals surface area contributed by atoms with E-state index in [1.54, 1.807) is 36.4 Å². The Hall–Kier alpha value is -2.26. The van der Waals surface area contributed by atoms with Crippen LogP contribution in [0.4, 0.5) is 11.4 Å². The van der Waals surface area contributed by atoms with E-state index in [1.807, 2.05) is 0 Å². The van der Waals surface area contributed by atoms with E-state index in [4.69, 9.17) is 11.5 Å². The Morgan fingerprint density at radius 3 is 1.58 bits per heavy atom. The van der Waals surface area contributed by atoms with E-state index < -0.39 is 12.2 Å². The van der Waals surface area contributed by atoms with Crippen LogP contribution in [0, 0.1) is 0 Å². The van der Waals surface area contributed by atoms with E-state index in [-0.39, 0.29) is 0 Å². The van der Waals surface area contributed by atoms with Gasteiger partial charge in [0.15, 0.2) is 0 Å². The molecule has 2 atom stereocenters. The fourth-order valence-corrected chi connectivity index (χ4v) is 4.51. The van der Waals surface area contributed by atoms with Crippen molar-refractivity contribution >= 4 is 54.5 Å². The first-order valence-electron chi connectivity index (χ1n) is 7.19. The number of aromatic nitrogens is 2. The zero-order chi connectivity index (χ0) is 16.8. The van der Waals surface area contributed by atoms with Gasteiger partial charge in [0, 0.05) is 11.4 Å². The summed E-state index contributed by atoms with van der Waals surface area (Å²) < 4.78 is 1.74. The van der Waals surface area contributed by atoms with Gasteiger partial charge in [0.25, 0.3) is 0 Å².